The molecule has 5 rings (SSSR count). The van der Waals surface area contributed by atoms with Crippen LogP contribution in [0.5, 0.6) is 5.75 Å². The van der Waals surface area contributed by atoms with Crippen LogP contribution >= 0.6 is 12.4 Å². The van der Waals surface area contributed by atoms with Crippen molar-refractivity contribution in [3.63, 3.8) is 0 Å². The number of ether oxygens (including phenoxy) is 1. The Morgan fingerprint density at radius 1 is 1.05 bits per heavy atom. The summed E-state index contributed by atoms with van der Waals surface area (Å²) in [5.74, 6) is -0.116. The molecular weight excluding hydrogens is 531 g/mol. The highest BCUT2D eigenvalue weighted by Gasteiger charge is 2.31. The fourth-order valence-electron chi connectivity index (χ4n) is 4.86. The molecule has 10 heteroatoms. The van der Waals surface area contributed by atoms with E-state index in [1.165, 1.54) is 6.07 Å². The zero-order valence-corrected chi connectivity index (χ0v) is 22.1. The normalized spacial score (nSPS) is 17.3. The summed E-state index contributed by atoms with van der Waals surface area (Å²) in [5, 5.41) is 5.60. The van der Waals surface area contributed by atoms with Crippen LogP contribution in [0.3, 0.4) is 0 Å². The van der Waals surface area contributed by atoms with Crippen LogP contribution in [0.15, 0.2) is 60.7 Å². The van der Waals surface area contributed by atoms with Gasteiger partial charge in [0.05, 0.1) is 11.3 Å². The van der Waals surface area contributed by atoms with Crippen LogP contribution in [0.2, 0.25) is 0 Å². The molecule has 3 aromatic rings. The maximum atomic E-state index is 13.4. The summed E-state index contributed by atoms with van der Waals surface area (Å²) in [4.78, 5) is 27.4. The van der Waals surface area contributed by atoms with Gasteiger partial charge in [-0.25, -0.2) is 0 Å². The Bertz CT molecular complexity index is 1370. The van der Waals surface area contributed by atoms with E-state index in [4.69, 9.17) is 4.74 Å². The number of hydrogen-bond donors (Lipinski definition) is 2. The number of hydrogen-bond acceptors (Lipinski definition) is 4. The summed E-state index contributed by atoms with van der Waals surface area (Å²) in [6.45, 7) is 3.99. The minimum atomic E-state index is -4.44. The Hall–Kier alpha value is -3.56. The summed E-state index contributed by atoms with van der Waals surface area (Å²) in [6, 6.07) is 15.4. The highest BCUT2D eigenvalue weighted by Crippen LogP contribution is 2.35. The Morgan fingerprint density at radius 2 is 1.82 bits per heavy atom. The Morgan fingerprint density at radius 3 is 2.56 bits per heavy atom. The topological polar surface area (TPSA) is 70.7 Å². The summed E-state index contributed by atoms with van der Waals surface area (Å²) < 4.78 is 45.7. The second-order valence-electron chi connectivity index (χ2n) is 9.70. The fraction of sp³-hybridized carbons (Fsp3) is 0.310. The predicted octanol–water partition coefficient (Wildman–Crippen LogP) is 6.75. The van der Waals surface area contributed by atoms with E-state index >= 15 is 0 Å². The SMILES string of the molecule is CC1Oc2ccc(NC(=O)c3ccc(-c4cccc(C(F)(F)F)c4)c(CN4CCCCC4)c3)cc2NC1=O.Cl. The number of halogens is 4. The van der Waals surface area contributed by atoms with Crippen molar-refractivity contribution in [2.45, 2.75) is 45.0 Å². The number of fused-ring (bicyclic) bond motifs is 1. The molecule has 2 N–H and O–H groups in total. The zero-order chi connectivity index (χ0) is 26.9. The van der Waals surface area contributed by atoms with Crippen LogP contribution in [0, 0.1) is 0 Å². The molecule has 0 spiro atoms. The van der Waals surface area contributed by atoms with Crippen molar-refractivity contribution >= 4 is 35.6 Å². The van der Waals surface area contributed by atoms with Gasteiger partial charge in [0.2, 0.25) is 0 Å². The van der Waals surface area contributed by atoms with Gasteiger partial charge in [0.25, 0.3) is 11.8 Å². The molecule has 39 heavy (non-hydrogen) atoms. The smallest absolute Gasteiger partial charge is 0.416 e. The third-order valence-corrected chi connectivity index (χ3v) is 6.88. The maximum absolute atomic E-state index is 13.4. The van der Waals surface area contributed by atoms with Crippen LogP contribution in [0.1, 0.15) is 47.7 Å². The van der Waals surface area contributed by atoms with E-state index in [0.29, 0.717) is 40.4 Å². The number of likely N-dealkylation sites (tertiary alicyclic amines) is 1. The van der Waals surface area contributed by atoms with Gasteiger partial charge in [0.1, 0.15) is 5.75 Å². The number of nitrogens with one attached hydrogen (secondary N) is 2. The van der Waals surface area contributed by atoms with E-state index < -0.39 is 17.8 Å². The first-order valence-corrected chi connectivity index (χ1v) is 12.6. The Kier molecular flexibility index (Phi) is 8.51. The van der Waals surface area contributed by atoms with Gasteiger partial charge >= 0.3 is 6.18 Å². The van der Waals surface area contributed by atoms with E-state index in [0.717, 1.165) is 50.0 Å². The van der Waals surface area contributed by atoms with Crippen molar-refractivity contribution in [3.8, 4) is 16.9 Å². The molecule has 2 aliphatic heterocycles. The van der Waals surface area contributed by atoms with Gasteiger partial charge in [-0.05, 0) is 92.0 Å². The molecule has 206 valence electrons. The first-order valence-electron chi connectivity index (χ1n) is 12.6. The molecule has 0 aromatic heterocycles. The lowest BCUT2D eigenvalue weighted by Gasteiger charge is -2.27. The number of benzene rings is 3. The second-order valence-corrected chi connectivity index (χ2v) is 9.70. The molecule has 0 bridgehead atoms. The van der Waals surface area contributed by atoms with Crippen molar-refractivity contribution in [2.24, 2.45) is 0 Å². The molecule has 2 heterocycles. The minimum Gasteiger partial charge on any atom is -0.479 e. The number of amides is 2. The minimum absolute atomic E-state index is 0. The molecule has 6 nitrogen and oxygen atoms in total. The van der Waals surface area contributed by atoms with Gasteiger partial charge in [0, 0.05) is 17.8 Å². The third-order valence-electron chi connectivity index (χ3n) is 6.88. The van der Waals surface area contributed by atoms with Crippen LogP contribution < -0.4 is 15.4 Å². The number of alkyl halides is 3. The van der Waals surface area contributed by atoms with Crippen LogP contribution in [-0.2, 0) is 17.5 Å². The van der Waals surface area contributed by atoms with E-state index in [1.54, 1.807) is 49.4 Å². The second kappa shape index (κ2) is 11.7. The van der Waals surface area contributed by atoms with Crippen molar-refractivity contribution in [1.82, 2.24) is 4.90 Å². The number of piperidine rings is 1. The molecule has 3 aromatic carbocycles. The molecule has 1 saturated heterocycles. The number of rotatable bonds is 5. The molecule has 2 aliphatic rings. The molecular formula is C29H29ClF3N3O3. The number of nitrogens with zero attached hydrogens (tertiary/aromatic N) is 1. The highest BCUT2D eigenvalue weighted by molar-refractivity contribution is 6.05. The Labute approximate surface area is 230 Å². The Balaban J connectivity index is 0.00000353. The molecule has 2 amide bonds. The van der Waals surface area contributed by atoms with Crippen LogP contribution in [-0.4, -0.2) is 35.9 Å². The van der Waals surface area contributed by atoms with Crippen molar-refractivity contribution in [3.05, 3.63) is 77.4 Å². The van der Waals surface area contributed by atoms with Crippen molar-refractivity contribution in [2.75, 3.05) is 23.7 Å². The number of anilines is 2. The van der Waals surface area contributed by atoms with E-state index in [2.05, 4.69) is 15.5 Å². The zero-order valence-electron chi connectivity index (χ0n) is 21.3. The van der Waals surface area contributed by atoms with Crippen molar-refractivity contribution in [1.29, 1.82) is 0 Å². The molecule has 0 radical (unpaired) electrons. The summed E-state index contributed by atoms with van der Waals surface area (Å²) in [6.07, 6.45) is -1.76. The largest absolute Gasteiger partial charge is 0.479 e. The predicted molar refractivity (Wildman–Crippen MR) is 146 cm³/mol. The average molecular weight is 560 g/mol. The van der Waals surface area contributed by atoms with Gasteiger partial charge in [-0.2, -0.15) is 13.2 Å². The summed E-state index contributed by atoms with van der Waals surface area (Å²) >= 11 is 0. The highest BCUT2D eigenvalue weighted by atomic mass is 35.5. The summed E-state index contributed by atoms with van der Waals surface area (Å²) in [5.41, 5.74) is 2.54. The standard InChI is InChI=1S/C29H28F3N3O3.ClH/c1-18-27(36)34-25-16-23(9-11-26(25)38-18)33-28(37)20-8-10-24(19-6-5-7-22(15-19)29(30,31)32)21(14-20)17-35-12-3-2-4-13-35;/h5-11,14-16,18H,2-4,12-13,17H2,1H3,(H,33,37)(H,34,36);1H. The summed E-state index contributed by atoms with van der Waals surface area (Å²) in [7, 11) is 0. The molecule has 1 unspecified atom stereocenters. The van der Waals surface area contributed by atoms with E-state index in [9.17, 15) is 22.8 Å². The van der Waals surface area contributed by atoms with E-state index in [1.807, 2.05) is 0 Å². The first-order chi connectivity index (χ1) is 18.2. The number of carbonyl (C=O) groups is 2. The first kappa shape index (κ1) is 28.4. The fourth-order valence-corrected chi connectivity index (χ4v) is 4.86. The lowest BCUT2D eigenvalue weighted by atomic mass is 9.95. The van der Waals surface area contributed by atoms with Crippen LogP contribution in [0.25, 0.3) is 11.1 Å². The van der Waals surface area contributed by atoms with Gasteiger partial charge in [-0.15, -0.1) is 12.4 Å². The number of carbonyl (C=O) groups excluding carboxylic acids is 2. The quantitative estimate of drug-likeness (QED) is 0.363. The van der Waals surface area contributed by atoms with Gasteiger partial charge in [-0.3, -0.25) is 14.5 Å². The van der Waals surface area contributed by atoms with Gasteiger partial charge in [0.15, 0.2) is 6.10 Å². The monoisotopic (exact) mass is 559 g/mol. The molecule has 1 fully saturated rings. The third kappa shape index (κ3) is 6.54. The van der Waals surface area contributed by atoms with Gasteiger partial charge in [-0.1, -0.05) is 24.6 Å². The van der Waals surface area contributed by atoms with E-state index in [-0.39, 0.29) is 24.2 Å². The maximum Gasteiger partial charge on any atom is 0.416 e. The molecule has 1 atom stereocenters. The van der Waals surface area contributed by atoms with Crippen molar-refractivity contribution < 1.29 is 27.5 Å². The lowest BCUT2D eigenvalue weighted by molar-refractivity contribution is -0.137. The molecule has 0 saturated carbocycles. The average Bonchev–Trinajstić information content (AvgIpc) is 2.90. The van der Waals surface area contributed by atoms with Gasteiger partial charge < -0.3 is 15.4 Å². The lowest BCUT2D eigenvalue weighted by Crippen LogP contribution is -2.34. The molecule has 0 aliphatic carbocycles. The van der Waals surface area contributed by atoms with Crippen LogP contribution in [0.4, 0.5) is 24.5 Å².